The molecule has 16 radical (unpaired) electrons. The number of nitrogens with zero attached hydrogens (tertiary/aromatic N) is 4. The van der Waals surface area contributed by atoms with E-state index in [1.807, 2.05) is 0 Å². The van der Waals surface area contributed by atoms with Crippen molar-refractivity contribution in [2.45, 2.75) is 71.2 Å². The molecule has 60 heavy (non-hydrogen) atoms. The van der Waals surface area contributed by atoms with Gasteiger partial charge >= 0.3 is 0 Å². The largest absolute Gasteiger partial charge is 0.493 e. The molecule has 22 heteroatoms. The summed E-state index contributed by atoms with van der Waals surface area (Å²) in [5, 5.41) is 0.641. The number of carbonyl (C=O) groups excluding carboxylic acids is 3. The zero-order chi connectivity index (χ0) is 43.5. The molecule has 4 fully saturated rings. The number of imide groups is 1. The maximum atomic E-state index is 15.1. The van der Waals surface area contributed by atoms with E-state index < -0.39 is 39.1 Å². The summed E-state index contributed by atoms with van der Waals surface area (Å²) < 4.78 is 26.6. The highest BCUT2D eigenvalue weighted by molar-refractivity contribution is 8.00. The van der Waals surface area contributed by atoms with E-state index in [1.54, 1.807) is 49.1 Å². The molecule has 12 nitrogen and oxygen atoms in total. The lowest BCUT2D eigenvalue weighted by Crippen LogP contribution is -2.92. The number of thioether (sulfide) groups is 1. The number of halogens is 1. The van der Waals surface area contributed by atoms with Gasteiger partial charge in [0.25, 0.3) is 0 Å². The Kier molecular flexibility index (Phi) is 14.7. The van der Waals surface area contributed by atoms with Gasteiger partial charge in [-0.3, -0.25) is 24.7 Å². The van der Waals surface area contributed by atoms with Crippen molar-refractivity contribution in [2.75, 3.05) is 74.3 Å². The number of aliphatic imine (C=N–C) groups is 1. The number of hydrogen-bond donors (Lipinski definition) is 3. The summed E-state index contributed by atoms with van der Waals surface area (Å²) in [5.41, 5.74) is 1.07. The smallest absolute Gasteiger partial charge is 0.249 e. The second-order valence-electron chi connectivity index (χ2n) is 16.0. The molecule has 6 rings (SSSR count). The number of ether oxygens (including phenoxy) is 2. The highest BCUT2D eigenvalue weighted by Gasteiger charge is 2.59. The van der Waals surface area contributed by atoms with E-state index in [1.165, 1.54) is 15.9 Å². The fourth-order valence-corrected chi connectivity index (χ4v) is 9.14. The fourth-order valence-electron chi connectivity index (χ4n) is 8.02. The number of carbonyl (C=O) groups is 3. The Balaban J connectivity index is 1.03. The van der Waals surface area contributed by atoms with Crippen LogP contribution in [0.2, 0.25) is 0 Å². The summed E-state index contributed by atoms with van der Waals surface area (Å²) in [6, 6.07) is 8.76. The van der Waals surface area contributed by atoms with Crippen LogP contribution in [0.5, 0.6) is 5.75 Å². The van der Waals surface area contributed by atoms with E-state index in [0.717, 1.165) is 38.9 Å². The van der Waals surface area contributed by atoms with Crippen molar-refractivity contribution in [3.63, 3.8) is 0 Å². The predicted octanol–water partition coefficient (Wildman–Crippen LogP) is 0.0839. The highest BCUT2D eigenvalue weighted by atomic mass is 32.2. The van der Waals surface area contributed by atoms with E-state index >= 15 is 4.39 Å². The summed E-state index contributed by atoms with van der Waals surface area (Å²) in [7, 11) is 55.4. The van der Waals surface area contributed by atoms with Gasteiger partial charge in [0, 0.05) is 68.5 Å². The van der Waals surface area contributed by atoms with Gasteiger partial charge in [-0.15, -0.1) is 0 Å². The topological polar surface area (TPSA) is 128 Å². The normalized spacial score (nSPS) is 23.7. The minimum absolute atomic E-state index is 0.0921. The standard InChI is InChI=1S/C38H44B8FN7O5S/c1-48-32(22-60-27-10-16-58-17-11-27)50-31-19-26(18-29(47)28(31)20-55)59-21-23-8-12-52(13-9-23)14-15-53-35(39,40)37(43,44)54(38(45,46)36(53,41)42)25-4-2-24(3-5-25)49-30-6-7-33(56)51-34(30)57/h2-5,18-20,23,27,30,49H,6-17,21-22H2,1H3,(H,48,50)(H,51,56,57). The van der Waals surface area contributed by atoms with Gasteiger partial charge < -0.3 is 34.8 Å². The van der Waals surface area contributed by atoms with Crippen LogP contribution in [0, 0.1) is 11.7 Å². The van der Waals surface area contributed by atoms with E-state index in [9.17, 15) is 14.4 Å². The van der Waals surface area contributed by atoms with Gasteiger partial charge in [-0.2, -0.15) is 11.8 Å². The number of likely N-dealkylation sites (tertiary alicyclic amines) is 1. The van der Waals surface area contributed by atoms with Crippen LogP contribution >= 0.6 is 11.8 Å². The first-order valence-electron chi connectivity index (χ1n) is 20.0. The molecule has 3 N–H and O–H groups in total. The Bertz CT molecular complexity index is 1870. The van der Waals surface area contributed by atoms with Crippen molar-refractivity contribution >= 4 is 116 Å². The summed E-state index contributed by atoms with van der Waals surface area (Å²) >= 11 is 1.76. The molecule has 4 heterocycles. The number of hydrogen-bond acceptors (Lipinski definition) is 11. The van der Waals surface area contributed by atoms with Gasteiger partial charge in [-0.25, -0.2) is 4.39 Å². The van der Waals surface area contributed by atoms with Crippen molar-refractivity contribution in [1.29, 1.82) is 0 Å². The lowest BCUT2D eigenvalue weighted by atomic mass is 9.26. The maximum absolute atomic E-state index is 15.1. The van der Waals surface area contributed by atoms with Crippen LogP contribution in [-0.4, -0.2) is 188 Å². The molecule has 4 aliphatic rings. The Hall–Kier alpha value is -3.20. The van der Waals surface area contributed by atoms with Gasteiger partial charge in [-0.05, 0) is 96.7 Å². The molecule has 4 aliphatic heterocycles. The van der Waals surface area contributed by atoms with Crippen LogP contribution < -0.4 is 25.6 Å². The van der Waals surface area contributed by atoms with E-state index in [0.29, 0.717) is 78.6 Å². The first-order chi connectivity index (χ1) is 28.4. The molecule has 2 aromatic rings. The Labute approximate surface area is 367 Å². The van der Waals surface area contributed by atoms with Gasteiger partial charge in [0.05, 0.1) is 86.4 Å². The molecule has 0 aromatic heterocycles. The molecule has 2 amide bonds. The van der Waals surface area contributed by atoms with Crippen molar-refractivity contribution in [3.8, 4) is 5.75 Å². The van der Waals surface area contributed by atoms with Gasteiger partial charge in [-0.1, -0.05) is 0 Å². The summed E-state index contributed by atoms with van der Waals surface area (Å²) in [4.78, 5) is 44.7. The number of anilines is 3. The predicted molar refractivity (Wildman–Crippen MR) is 242 cm³/mol. The molecule has 0 saturated carbocycles. The average molecular weight is 816 g/mol. The second kappa shape index (κ2) is 19.0. The average Bonchev–Trinajstić information content (AvgIpc) is 3.20. The molecule has 4 saturated heterocycles. The third-order valence-electron chi connectivity index (χ3n) is 11.8. The lowest BCUT2D eigenvalue weighted by molar-refractivity contribution is -0.133. The molecule has 298 valence electrons. The lowest BCUT2D eigenvalue weighted by Gasteiger charge is -2.76. The van der Waals surface area contributed by atoms with Gasteiger partial charge in [0.15, 0.2) is 6.29 Å². The Morgan fingerprint density at radius 3 is 2.20 bits per heavy atom. The zero-order valence-corrected chi connectivity index (χ0v) is 34.7. The minimum Gasteiger partial charge on any atom is -0.493 e. The number of rotatable bonds is 14. The molecule has 1 atom stereocenters. The van der Waals surface area contributed by atoms with E-state index in [4.69, 9.17) is 72.2 Å². The van der Waals surface area contributed by atoms with E-state index in [2.05, 4.69) is 25.8 Å². The molecule has 0 bridgehead atoms. The number of amidine groups is 1. The molecule has 1 unspecified atom stereocenters. The first kappa shape index (κ1) is 46.3. The number of nitrogens with one attached hydrogen (secondary N) is 3. The van der Waals surface area contributed by atoms with Gasteiger partial charge in [0.2, 0.25) is 11.8 Å². The van der Waals surface area contributed by atoms with Crippen molar-refractivity contribution in [2.24, 2.45) is 10.9 Å². The SMILES string of the molecule is [B]C1([B])N(CCN2CCC(COc3cc(F)c(C=O)c(NC(CSC4CCOCC4)=NC)c3)CC2)C([B])([B])C([B])([B])N(c2ccc(NC3CCC(=O)NC3=O)cc2)C1([B])[B]. The molecule has 0 aliphatic carbocycles. The van der Waals surface area contributed by atoms with Crippen molar-refractivity contribution < 1.29 is 28.2 Å². The molecular weight excluding hydrogens is 772 g/mol. The Morgan fingerprint density at radius 1 is 0.950 bits per heavy atom. The maximum Gasteiger partial charge on any atom is 0.249 e. The fraction of sp³-hybridized carbons (Fsp3) is 0.579. The van der Waals surface area contributed by atoms with Crippen LogP contribution in [0.4, 0.5) is 21.5 Å². The van der Waals surface area contributed by atoms with Crippen molar-refractivity contribution in [3.05, 3.63) is 47.8 Å². The summed E-state index contributed by atoms with van der Waals surface area (Å²) in [6.07, 6.45) is 4.49. The molecule has 2 aromatic carbocycles. The third kappa shape index (κ3) is 9.87. The van der Waals surface area contributed by atoms with Crippen LogP contribution in [0.3, 0.4) is 0 Å². The molecule has 0 spiro atoms. The van der Waals surface area contributed by atoms with Crippen LogP contribution in [-0.2, 0) is 14.3 Å². The number of aldehydes is 1. The third-order valence-corrected chi connectivity index (χ3v) is 13.2. The first-order valence-corrected chi connectivity index (χ1v) is 21.1. The number of piperazine rings is 1. The summed E-state index contributed by atoms with van der Waals surface area (Å²) in [6.45, 7) is 3.67. The van der Waals surface area contributed by atoms with Crippen LogP contribution in [0.1, 0.15) is 48.9 Å². The van der Waals surface area contributed by atoms with Crippen LogP contribution in [0.25, 0.3) is 0 Å². The Morgan fingerprint density at radius 2 is 1.60 bits per heavy atom. The van der Waals surface area contributed by atoms with Gasteiger partial charge in [0.1, 0.15) is 23.4 Å². The van der Waals surface area contributed by atoms with E-state index in [-0.39, 0.29) is 30.4 Å². The highest BCUT2D eigenvalue weighted by Crippen LogP contribution is 2.45. The number of piperidine rings is 2. The zero-order valence-electron chi connectivity index (χ0n) is 33.9. The number of benzene rings is 2. The summed E-state index contributed by atoms with van der Waals surface area (Å²) in [5.74, 6) is 0.250. The van der Waals surface area contributed by atoms with Crippen molar-refractivity contribution in [1.82, 2.24) is 15.1 Å². The second-order valence-corrected chi connectivity index (χ2v) is 17.3. The number of amides is 2. The quantitative estimate of drug-likeness (QED) is 0.0790. The monoisotopic (exact) mass is 817 g/mol. The van der Waals surface area contributed by atoms with Crippen LogP contribution in [0.15, 0.2) is 41.4 Å². The minimum atomic E-state index is -2.12. The molecular formula is C38H44B8FN7O5S.